The van der Waals surface area contributed by atoms with Gasteiger partial charge < -0.3 is 16.5 Å². The zero-order valence-corrected chi connectivity index (χ0v) is 18.5. The molecule has 8 heteroatoms. The lowest BCUT2D eigenvalue weighted by atomic mass is 10.0. The minimum atomic E-state index is -0.392. The molecule has 2 aromatic rings. The van der Waals surface area contributed by atoms with Gasteiger partial charge in [-0.15, -0.1) is 5.10 Å². The van der Waals surface area contributed by atoms with Crippen molar-refractivity contribution >= 4 is 11.9 Å². The first-order valence-corrected chi connectivity index (χ1v) is 11.6. The number of nitrogens with zero attached hydrogens (tertiary/aromatic N) is 4. The first-order chi connectivity index (χ1) is 14.6. The van der Waals surface area contributed by atoms with E-state index in [1.54, 1.807) is 10.9 Å². The maximum absolute atomic E-state index is 11.9. The molecule has 0 aliphatic carbocycles. The Balaban J connectivity index is 1.63. The van der Waals surface area contributed by atoms with Crippen LogP contribution in [0, 0.1) is 0 Å². The van der Waals surface area contributed by atoms with Gasteiger partial charge in [-0.2, -0.15) is 0 Å². The highest BCUT2D eigenvalue weighted by atomic mass is 16.1. The average Bonchev–Trinajstić information content (AvgIpc) is 3.35. The molecule has 1 atom stereocenters. The van der Waals surface area contributed by atoms with Crippen molar-refractivity contribution in [3.05, 3.63) is 23.8 Å². The molecule has 2 heterocycles. The third-order valence-corrected chi connectivity index (χ3v) is 5.56. The Morgan fingerprint density at radius 1 is 1.03 bits per heavy atom. The maximum Gasteiger partial charge on any atom is 0.242 e. The number of aromatic amines is 1. The number of primary amides is 1. The molecule has 168 valence electrons. The summed E-state index contributed by atoms with van der Waals surface area (Å²) >= 11 is 0. The van der Waals surface area contributed by atoms with E-state index in [4.69, 9.17) is 11.5 Å². The van der Waals surface area contributed by atoms with Gasteiger partial charge in [-0.05, 0) is 32.1 Å². The predicted molar refractivity (Wildman–Crippen MR) is 120 cm³/mol. The van der Waals surface area contributed by atoms with Gasteiger partial charge in [0.15, 0.2) is 5.95 Å². The smallest absolute Gasteiger partial charge is 0.242 e. The maximum atomic E-state index is 11.9. The number of nitrogen functional groups attached to an aromatic ring is 1. The minimum Gasteiger partial charge on any atom is -0.369 e. The molecule has 1 unspecified atom stereocenters. The molecule has 0 saturated heterocycles. The Labute approximate surface area is 180 Å². The van der Waals surface area contributed by atoms with Crippen molar-refractivity contribution in [1.82, 2.24) is 25.0 Å². The van der Waals surface area contributed by atoms with Gasteiger partial charge in [-0.1, -0.05) is 69.9 Å². The highest BCUT2D eigenvalue weighted by molar-refractivity contribution is 5.78. The van der Waals surface area contributed by atoms with Crippen LogP contribution < -0.4 is 11.5 Å². The van der Waals surface area contributed by atoms with Crippen LogP contribution in [-0.2, 0) is 17.6 Å². The second-order valence-electron chi connectivity index (χ2n) is 8.23. The standard InChI is InChI=1S/C22H39N7O/c1-2-3-4-5-6-7-8-12-15-20(21(23)30)29-17-19(27-28-29)14-11-9-10-13-18-16-25-22(24)26-18/h16-17,20H,2-15H2,1H3,(H2,23,30)(H3,24,25,26). The van der Waals surface area contributed by atoms with Gasteiger partial charge in [-0.25, -0.2) is 9.67 Å². The van der Waals surface area contributed by atoms with Crippen molar-refractivity contribution in [2.24, 2.45) is 5.73 Å². The van der Waals surface area contributed by atoms with Crippen LogP contribution >= 0.6 is 0 Å². The van der Waals surface area contributed by atoms with Crippen LogP contribution in [0.25, 0.3) is 0 Å². The van der Waals surface area contributed by atoms with Crippen LogP contribution in [0.4, 0.5) is 5.95 Å². The van der Waals surface area contributed by atoms with Crippen molar-refractivity contribution < 1.29 is 4.79 Å². The normalized spacial score (nSPS) is 12.3. The lowest BCUT2D eigenvalue weighted by molar-refractivity contribution is -0.121. The number of H-pyrrole nitrogens is 1. The molecular weight excluding hydrogens is 378 g/mol. The summed E-state index contributed by atoms with van der Waals surface area (Å²) in [6, 6.07) is -0.392. The van der Waals surface area contributed by atoms with Crippen molar-refractivity contribution in [3.63, 3.8) is 0 Å². The predicted octanol–water partition coefficient (Wildman–Crippen LogP) is 4.10. The molecule has 0 spiro atoms. The lowest BCUT2D eigenvalue weighted by Gasteiger charge is -2.12. The number of carbonyl (C=O) groups excluding carboxylic acids is 1. The molecule has 0 saturated carbocycles. The van der Waals surface area contributed by atoms with Crippen LogP contribution in [0.15, 0.2) is 12.4 Å². The Morgan fingerprint density at radius 2 is 1.70 bits per heavy atom. The van der Waals surface area contributed by atoms with Gasteiger partial charge in [0.05, 0.1) is 11.9 Å². The van der Waals surface area contributed by atoms with Crippen molar-refractivity contribution in [2.45, 2.75) is 103 Å². The van der Waals surface area contributed by atoms with Gasteiger partial charge >= 0.3 is 0 Å². The number of imidazole rings is 1. The van der Waals surface area contributed by atoms with Crippen molar-refractivity contribution in [1.29, 1.82) is 0 Å². The number of anilines is 1. The summed E-state index contributed by atoms with van der Waals surface area (Å²) < 4.78 is 1.66. The molecule has 8 nitrogen and oxygen atoms in total. The highest BCUT2D eigenvalue weighted by Gasteiger charge is 2.18. The molecule has 0 bridgehead atoms. The fourth-order valence-electron chi connectivity index (χ4n) is 3.76. The summed E-state index contributed by atoms with van der Waals surface area (Å²) in [4.78, 5) is 18.9. The van der Waals surface area contributed by atoms with E-state index in [2.05, 4.69) is 27.2 Å². The molecule has 0 aliphatic rings. The number of aromatic nitrogens is 5. The Kier molecular flexibility index (Phi) is 11.0. The fourth-order valence-corrected chi connectivity index (χ4v) is 3.76. The van der Waals surface area contributed by atoms with E-state index in [-0.39, 0.29) is 5.91 Å². The van der Waals surface area contributed by atoms with E-state index in [0.717, 1.165) is 62.8 Å². The zero-order valence-electron chi connectivity index (χ0n) is 18.5. The van der Waals surface area contributed by atoms with E-state index < -0.39 is 6.04 Å². The minimum absolute atomic E-state index is 0.326. The van der Waals surface area contributed by atoms with E-state index in [1.165, 1.54) is 38.5 Å². The quantitative estimate of drug-likeness (QED) is 0.334. The number of rotatable bonds is 17. The second kappa shape index (κ2) is 13.8. The van der Waals surface area contributed by atoms with Gasteiger partial charge in [-0.3, -0.25) is 4.79 Å². The summed E-state index contributed by atoms with van der Waals surface area (Å²) in [6.45, 7) is 2.24. The molecule has 30 heavy (non-hydrogen) atoms. The number of nitrogens with one attached hydrogen (secondary N) is 1. The van der Waals surface area contributed by atoms with Crippen LogP contribution in [0.5, 0.6) is 0 Å². The SMILES string of the molecule is CCCCCCCCCCC(C(N)=O)n1cc(CCCCCc2cnc(N)[nH]2)nn1. The molecule has 2 rings (SSSR count). The third kappa shape index (κ3) is 8.97. The number of hydrogen-bond acceptors (Lipinski definition) is 5. The van der Waals surface area contributed by atoms with Gasteiger partial charge in [0, 0.05) is 11.9 Å². The topological polar surface area (TPSA) is 128 Å². The fraction of sp³-hybridized carbons (Fsp3) is 0.727. The average molecular weight is 418 g/mol. The summed E-state index contributed by atoms with van der Waals surface area (Å²) in [5.41, 5.74) is 13.2. The van der Waals surface area contributed by atoms with E-state index >= 15 is 0 Å². The van der Waals surface area contributed by atoms with Gasteiger partial charge in [0.2, 0.25) is 5.91 Å². The molecule has 0 radical (unpaired) electrons. The third-order valence-electron chi connectivity index (χ3n) is 5.56. The Bertz CT molecular complexity index is 725. The van der Waals surface area contributed by atoms with Crippen LogP contribution in [-0.4, -0.2) is 30.9 Å². The van der Waals surface area contributed by atoms with Gasteiger partial charge in [0.1, 0.15) is 6.04 Å². The first-order valence-electron chi connectivity index (χ1n) is 11.6. The second-order valence-corrected chi connectivity index (χ2v) is 8.23. The number of aryl methyl sites for hydroxylation is 2. The van der Waals surface area contributed by atoms with Crippen LogP contribution in [0.3, 0.4) is 0 Å². The number of hydrogen-bond donors (Lipinski definition) is 3. The summed E-state index contributed by atoms with van der Waals surface area (Å²) in [5, 5.41) is 8.41. The molecule has 0 fully saturated rings. The van der Waals surface area contributed by atoms with E-state index in [9.17, 15) is 4.79 Å². The molecule has 0 aliphatic heterocycles. The highest BCUT2D eigenvalue weighted by Crippen LogP contribution is 2.17. The number of carbonyl (C=O) groups is 1. The van der Waals surface area contributed by atoms with E-state index in [1.807, 2.05) is 6.20 Å². The lowest BCUT2D eigenvalue weighted by Crippen LogP contribution is -2.27. The monoisotopic (exact) mass is 417 g/mol. The summed E-state index contributed by atoms with van der Waals surface area (Å²) in [5.74, 6) is 0.144. The largest absolute Gasteiger partial charge is 0.369 e. The Hall–Kier alpha value is -2.38. The molecular formula is C22H39N7O. The molecule has 2 aromatic heterocycles. The summed E-state index contributed by atoms with van der Waals surface area (Å²) in [7, 11) is 0. The Morgan fingerprint density at radius 3 is 2.37 bits per heavy atom. The van der Waals surface area contributed by atoms with E-state index in [0.29, 0.717) is 5.95 Å². The molecule has 5 N–H and O–H groups in total. The van der Waals surface area contributed by atoms with Crippen LogP contribution in [0.2, 0.25) is 0 Å². The zero-order chi connectivity index (χ0) is 21.6. The van der Waals surface area contributed by atoms with Crippen LogP contribution in [0.1, 0.15) is 101 Å². The summed E-state index contributed by atoms with van der Waals surface area (Å²) in [6.07, 6.45) is 19.3. The number of unbranched alkanes of at least 4 members (excludes halogenated alkanes) is 9. The van der Waals surface area contributed by atoms with Crippen molar-refractivity contribution in [3.8, 4) is 0 Å². The van der Waals surface area contributed by atoms with Crippen molar-refractivity contribution in [2.75, 3.05) is 5.73 Å². The molecule has 0 aromatic carbocycles. The number of nitrogens with two attached hydrogens (primary N) is 2. The first kappa shape index (κ1) is 23.9. The van der Waals surface area contributed by atoms with Gasteiger partial charge in [0.25, 0.3) is 0 Å². The number of amides is 1. The molecule has 1 amide bonds.